The van der Waals surface area contributed by atoms with E-state index in [2.05, 4.69) is 162 Å². The van der Waals surface area contributed by atoms with Gasteiger partial charge in [0.1, 0.15) is 0 Å². The minimum Gasteiger partial charge on any atom is -0.309 e. The summed E-state index contributed by atoms with van der Waals surface area (Å²) in [5.74, 6) is 1.97. The fourth-order valence-electron chi connectivity index (χ4n) is 8.13. The molecule has 0 saturated heterocycles. The first kappa shape index (κ1) is 30.2. The van der Waals surface area contributed by atoms with Gasteiger partial charge in [-0.25, -0.2) is 15.0 Å². The lowest BCUT2D eigenvalue weighted by atomic mass is 10.1. The van der Waals surface area contributed by atoms with Gasteiger partial charge in [0.15, 0.2) is 25.5 Å². The molecule has 0 atom stereocenters. The Kier molecular flexibility index (Phi) is 7.11. The Morgan fingerprint density at radius 2 is 0.865 bits per heavy atom. The molecule has 244 valence electrons. The van der Waals surface area contributed by atoms with Crippen LogP contribution in [-0.4, -0.2) is 27.6 Å². The number of rotatable bonds is 6. The van der Waals surface area contributed by atoms with Crippen LogP contribution in [0.4, 0.5) is 0 Å². The van der Waals surface area contributed by atoms with Crippen LogP contribution in [0, 0.1) is 0 Å². The Morgan fingerprint density at radius 3 is 1.42 bits per heavy atom. The van der Waals surface area contributed by atoms with E-state index < -0.39 is 8.07 Å². The molecule has 1 aliphatic rings. The highest BCUT2D eigenvalue weighted by Crippen LogP contribution is 2.38. The summed E-state index contributed by atoms with van der Waals surface area (Å²) in [5.41, 5.74) is 7.76. The molecular weight excluding hydrogens is 649 g/mol. The number of hydrogen-bond acceptors (Lipinski definition) is 3. The highest BCUT2D eigenvalue weighted by Gasteiger charge is 2.52. The second-order valence-electron chi connectivity index (χ2n) is 13.2. The summed E-state index contributed by atoms with van der Waals surface area (Å²) >= 11 is 0. The average molecular weight is 681 g/mol. The van der Waals surface area contributed by atoms with E-state index >= 15 is 0 Å². The fourth-order valence-corrected chi connectivity index (χ4v) is 13.5. The van der Waals surface area contributed by atoms with Crippen LogP contribution < -0.4 is 20.7 Å². The van der Waals surface area contributed by atoms with Gasteiger partial charge in [0, 0.05) is 27.8 Å². The van der Waals surface area contributed by atoms with Crippen molar-refractivity contribution in [2.75, 3.05) is 0 Å². The van der Waals surface area contributed by atoms with Crippen molar-refractivity contribution in [1.29, 1.82) is 0 Å². The van der Waals surface area contributed by atoms with Gasteiger partial charge in [-0.1, -0.05) is 176 Å². The standard InChI is InChI=1S/C47H32N4Si/c1-6-18-33(19-7-1)45-48-46(34-20-8-2-9-21-34)50-47(49-45)35-30-31-40-42(32-35)52(37-24-12-4-13-25-37,38-26-14-5-15-27-38)44-39-28-16-17-29-41(39)51(43(40)44)36-22-10-3-11-23-36/h1-32H. The predicted molar refractivity (Wildman–Crippen MR) is 216 cm³/mol. The number of hydrogen-bond donors (Lipinski definition) is 0. The van der Waals surface area contributed by atoms with Crippen molar-refractivity contribution >= 4 is 39.7 Å². The Bertz CT molecular complexity index is 2610. The zero-order valence-electron chi connectivity index (χ0n) is 28.3. The third-order valence-corrected chi connectivity index (χ3v) is 15.2. The van der Waals surface area contributed by atoms with Crippen LogP contribution in [0.15, 0.2) is 194 Å². The molecule has 0 saturated carbocycles. The fraction of sp³-hybridized carbons (Fsp3) is 0. The molecule has 10 rings (SSSR count). The SMILES string of the molecule is c1ccc(-c2nc(-c3ccccc3)nc(-c3ccc4c(c3)[Si](c3ccccc3)(c3ccccc3)c3c-4n(-c4ccccc4)c4ccccc34)n2)cc1. The summed E-state index contributed by atoms with van der Waals surface area (Å²) in [6.07, 6.45) is 0. The molecule has 4 nitrogen and oxygen atoms in total. The van der Waals surface area contributed by atoms with Crippen molar-refractivity contribution < 1.29 is 0 Å². The maximum atomic E-state index is 5.16. The maximum absolute atomic E-state index is 5.16. The van der Waals surface area contributed by atoms with E-state index in [4.69, 9.17) is 15.0 Å². The average Bonchev–Trinajstić information content (AvgIpc) is 3.73. The number of para-hydroxylation sites is 2. The monoisotopic (exact) mass is 680 g/mol. The van der Waals surface area contributed by atoms with Crippen LogP contribution in [0.25, 0.3) is 62.0 Å². The van der Waals surface area contributed by atoms with Crippen LogP contribution >= 0.6 is 0 Å². The lowest BCUT2D eigenvalue weighted by Crippen LogP contribution is -2.72. The molecule has 0 fully saturated rings. The van der Waals surface area contributed by atoms with Crippen molar-refractivity contribution in [2.45, 2.75) is 0 Å². The smallest absolute Gasteiger partial charge is 0.183 e. The zero-order chi connectivity index (χ0) is 34.5. The molecule has 2 aromatic heterocycles. The lowest BCUT2D eigenvalue weighted by Gasteiger charge is -2.31. The van der Waals surface area contributed by atoms with Crippen molar-refractivity contribution in [2.24, 2.45) is 0 Å². The van der Waals surface area contributed by atoms with Gasteiger partial charge in [0.2, 0.25) is 0 Å². The van der Waals surface area contributed by atoms with E-state index in [9.17, 15) is 0 Å². The first-order chi connectivity index (χ1) is 25.8. The summed E-state index contributed by atoms with van der Waals surface area (Å²) in [7, 11) is -2.91. The molecule has 0 bridgehead atoms. The van der Waals surface area contributed by atoms with Gasteiger partial charge in [-0.05, 0) is 44.5 Å². The summed E-state index contributed by atoms with van der Waals surface area (Å²) in [6, 6.07) is 69.4. The topological polar surface area (TPSA) is 43.6 Å². The van der Waals surface area contributed by atoms with Crippen molar-refractivity contribution in [3.05, 3.63) is 194 Å². The van der Waals surface area contributed by atoms with Crippen molar-refractivity contribution in [1.82, 2.24) is 19.5 Å². The van der Waals surface area contributed by atoms with E-state index in [1.807, 2.05) is 36.4 Å². The van der Waals surface area contributed by atoms with Gasteiger partial charge in [-0.3, -0.25) is 0 Å². The van der Waals surface area contributed by atoms with Crippen LogP contribution in [0.5, 0.6) is 0 Å². The highest BCUT2D eigenvalue weighted by molar-refractivity contribution is 7.23. The zero-order valence-corrected chi connectivity index (χ0v) is 29.3. The molecule has 5 heteroatoms. The van der Waals surface area contributed by atoms with E-state index in [1.165, 1.54) is 42.9 Å². The lowest BCUT2D eigenvalue weighted by molar-refractivity contribution is 1.07. The predicted octanol–water partition coefficient (Wildman–Crippen LogP) is 8.17. The summed E-state index contributed by atoms with van der Waals surface area (Å²) in [5, 5.41) is 6.74. The van der Waals surface area contributed by atoms with Gasteiger partial charge in [-0.15, -0.1) is 0 Å². The summed E-state index contributed by atoms with van der Waals surface area (Å²) in [6.45, 7) is 0. The van der Waals surface area contributed by atoms with Crippen LogP contribution in [0.1, 0.15) is 0 Å². The van der Waals surface area contributed by atoms with Crippen LogP contribution in [0.3, 0.4) is 0 Å². The second kappa shape index (κ2) is 12.3. The number of nitrogens with zero attached hydrogens (tertiary/aromatic N) is 4. The molecule has 0 unspecified atom stereocenters. The molecule has 9 aromatic rings. The molecule has 52 heavy (non-hydrogen) atoms. The van der Waals surface area contributed by atoms with E-state index in [0.717, 1.165) is 22.4 Å². The van der Waals surface area contributed by atoms with E-state index in [-0.39, 0.29) is 0 Å². The Morgan fingerprint density at radius 1 is 0.404 bits per heavy atom. The molecule has 1 aliphatic heterocycles. The molecule has 7 aromatic carbocycles. The highest BCUT2D eigenvalue weighted by atomic mass is 28.3. The normalized spacial score (nSPS) is 12.8. The number of benzene rings is 7. The Labute approximate surface area is 303 Å². The van der Waals surface area contributed by atoms with Gasteiger partial charge in [-0.2, -0.15) is 0 Å². The quantitative estimate of drug-likeness (QED) is 0.167. The minimum absolute atomic E-state index is 0.657. The van der Waals surface area contributed by atoms with E-state index in [1.54, 1.807) is 0 Å². The van der Waals surface area contributed by atoms with Crippen molar-refractivity contribution in [3.8, 4) is 51.1 Å². The van der Waals surface area contributed by atoms with Crippen LogP contribution in [0.2, 0.25) is 0 Å². The molecule has 0 N–H and O–H groups in total. The van der Waals surface area contributed by atoms with Gasteiger partial charge in [0.05, 0.1) is 11.2 Å². The van der Waals surface area contributed by atoms with E-state index in [0.29, 0.717) is 17.5 Å². The van der Waals surface area contributed by atoms with Crippen LogP contribution in [-0.2, 0) is 0 Å². The summed E-state index contributed by atoms with van der Waals surface area (Å²) < 4.78 is 2.48. The van der Waals surface area contributed by atoms with Crippen molar-refractivity contribution in [3.63, 3.8) is 0 Å². The van der Waals surface area contributed by atoms with Gasteiger partial charge >= 0.3 is 0 Å². The molecule has 0 radical (unpaired) electrons. The first-order valence-corrected chi connectivity index (χ1v) is 19.6. The van der Waals surface area contributed by atoms with Gasteiger partial charge in [0.25, 0.3) is 0 Å². The Hall–Kier alpha value is -6.69. The third-order valence-electron chi connectivity index (χ3n) is 10.3. The minimum atomic E-state index is -2.91. The van der Waals surface area contributed by atoms with Gasteiger partial charge < -0.3 is 4.57 Å². The third kappa shape index (κ3) is 4.64. The molecule has 3 heterocycles. The first-order valence-electron chi connectivity index (χ1n) is 17.6. The Balaban J connectivity index is 1.32. The maximum Gasteiger partial charge on any atom is 0.183 e. The molecule has 0 amide bonds. The number of aromatic nitrogens is 4. The molecule has 0 spiro atoms. The molecular formula is C47H32N4Si. The summed E-state index contributed by atoms with van der Waals surface area (Å²) in [4.78, 5) is 15.3. The largest absolute Gasteiger partial charge is 0.309 e. The molecule has 0 aliphatic carbocycles. The second-order valence-corrected chi connectivity index (χ2v) is 16.9. The number of fused-ring (bicyclic) bond motifs is 5.